The molecule has 0 saturated carbocycles. The van der Waals surface area contributed by atoms with E-state index in [1.54, 1.807) is 17.9 Å². The van der Waals surface area contributed by atoms with Gasteiger partial charge in [-0.15, -0.1) is 0 Å². The van der Waals surface area contributed by atoms with E-state index in [1.807, 2.05) is 48.5 Å². The van der Waals surface area contributed by atoms with Gasteiger partial charge >= 0.3 is 0 Å². The van der Waals surface area contributed by atoms with Crippen molar-refractivity contribution in [1.29, 1.82) is 0 Å². The number of carbonyl (C=O) groups is 4. The van der Waals surface area contributed by atoms with Crippen molar-refractivity contribution in [2.24, 2.45) is 17.8 Å². The number of phenolic OH excluding ortho intramolecular Hbond substituents is 1. The molecule has 3 aromatic carbocycles. The molecule has 0 bridgehead atoms. The zero-order valence-corrected chi connectivity index (χ0v) is 25.8. The summed E-state index contributed by atoms with van der Waals surface area (Å²) in [4.78, 5) is 59.7. The van der Waals surface area contributed by atoms with Crippen LogP contribution in [0.3, 0.4) is 0 Å². The van der Waals surface area contributed by atoms with Crippen LogP contribution in [0, 0.1) is 17.8 Å². The van der Waals surface area contributed by atoms with Gasteiger partial charge in [0.15, 0.2) is 11.6 Å². The molecule has 4 atom stereocenters. The Kier molecular flexibility index (Phi) is 6.91. The first-order chi connectivity index (χ1) is 22.3. The zero-order valence-electron chi connectivity index (χ0n) is 25.8. The van der Waals surface area contributed by atoms with E-state index in [1.165, 1.54) is 11.6 Å². The van der Waals surface area contributed by atoms with Gasteiger partial charge in [0, 0.05) is 53.7 Å². The van der Waals surface area contributed by atoms with Crippen LogP contribution in [0.5, 0.6) is 5.75 Å². The third kappa shape index (κ3) is 4.43. The molecular weight excluding hydrogens is 576 g/mol. The molecule has 2 aliphatic heterocycles. The summed E-state index contributed by atoms with van der Waals surface area (Å²) < 4.78 is 0. The summed E-state index contributed by atoms with van der Waals surface area (Å²) in [7, 11) is 0. The van der Waals surface area contributed by atoms with Crippen LogP contribution in [-0.4, -0.2) is 57.4 Å². The highest BCUT2D eigenvalue weighted by Gasteiger charge is 2.57. The molecule has 0 radical (unpaired) electrons. The molecule has 0 spiro atoms. The number of likely N-dealkylation sites (tertiary alicyclic amines) is 2. The van der Waals surface area contributed by atoms with Crippen LogP contribution in [0.15, 0.2) is 101 Å². The van der Waals surface area contributed by atoms with Gasteiger partial charge in [-0.3, -0.25) is 29.0 Å². The smallest absolute Gasteiger partial charge is 0.233 e. The molecule has 3 aliphatic carbocycles. The molecule has 46 heavy (non-hydrogen) atoms. The lowest BCUT2D eigenvalue weighted by Crippen LogP contribution is -2.47. The van der Waals surface area contributed by atoms with Crippen molar-refractivity contribution in [1.82, 2.24) is 9.80 Å². The second-order valence-electron chi connectivity index (χ2n) is 13.5. The fourth-order valence-electron chi connectivity index (χ4n) is 8.84. The van der Waals surface area contributed by atoms with Gasteiger partial charge in [0.05, 0.1) is 11.8 Å². The Morgan fingerprint density at radius 1 is 0.826 bits per heavy atom. The van der Waals surface area contributed by atoms with Gasteiger partial charge in [-0.1, -0.05) is 72.3 Å². The molecule has 5 aliphatic rings. The van der Waals surface area contributed by atoms with Gasteiger partial charge in [0.1, 0.15) is 5.75 Å². The van der Waals surface area contributed by atoms with Crippen molar-refractivity contribution in [3.8, 4) is 5.75 Å². The van der Waals surface area contributed by atoms with Crippen molar-refractivity contribution in [3.05, 3.63) is 112 Å². The minimum Gasteiger partial charge on any atom is -0.507 e. The summed E-state index contributed by atoms with van der Waals surface area (Å²) >= 11 is 0. The lowest BCUT2D eigenvalue weighted by molar-refractivity contribution is -0.144. The van der Waals surface area contributed by atoms with E-state index in [4.69, 9.17) is 0 Å². The summed E-state index contributed by atoms with van der Waals surface area (Å²) in [5, 5.41) is 12.1. The highest BCUT2D eigenvalue weighted by atomic mass is 16.3. The first kappa shape index (κ1) is 28.8. The lowest BCUT2D eigenvalue weighted by Gasteiger charge is -2.42. The van der Waals surface area contributed by atoms with Gasteiger partial charge < -0.3 is 5.11 Å². The Morgan fingerprint density at radius 2 is 1.54 bits per heavy atom. The van der Waals surface area contributed by atoms with Crippen LogP contribution in [0.4, 0.5) is 0 Å². The molecule has 2 fully saturated rings. The normalized spacial score (nSPS) is 27.0. The van der Waals surface area contributed by atoms with E-state index in [-0.39, 0.29) is 47.5 Å². The van der Waals surface area contributed by atoms with E-state index >= 15 is 0 Å². The maximum absolute atomic E-state index is 14.4. The largest absolute Gasteiger partial charge is 0.507 e. The fourth-order valence-corrected chi connectivity index (χ4v) is 8.84. The topological polar surface area (TPSA) is 95.0 Å². The number of benzene rings is 3. The number of hydrogen-bond acceptors (Lipinski definition) is 6. The van der Waals surface area contributed by atoms with Crippen LogP contribution in [0.1, 0.15) is 49.7 Å². The second kappa shape index (κ2) is 11.0. The van der Waals surface area contributed by atoms with E-state index in [0.29, 0.717) is 28.5 Å². The number of piperidine rings is 1. The molecule has 8 rings (SSSR count). The number of carbonyl (C=O) groups excluding carboxylic acids is 4. The Balaban J connectivity index is 1.14. The summed E-state index contributed by atoms with van der Waals surface area (Å²) in [5.41, 5.74) is 4.34. The number of nitrogens with zero attached hydrogens (tertiary/aromatic N) is 2. The minimum absolute atomic E-state index is 0.0972. The van der Waals surface area contributed by atoms with Crippen LogP contribution >= 0.6 is 0 Å². The summed E-state index contributed by atoms with van der Waals surface area (Å²) in [5.74, 6) is -2.37. The quantitative estimate of drug-likeness (QED) is 0.233. The van der Waals surface area contributed by atoms with Crippen molar-refractivity contribution in [2.45, 2.75) is 51.1 Å². The number of imide groups is 1. The predicted octanol–water partition coefficient (Wildman–Crippen LogP) is 5.64. The highest BCUT2D eigenvalue weighted by Crippen LogP contribution is 2.56. The molecule has 3 aromatic rings. The van der Waals surface area contributed by atoms with E-state index in [2.05, 4.69) is 23.1 Å². The monoisotopic (exact) mass is 612 g/mol. The van der Waals surface area contributed by atoms with E-state index in [0.717, 1.165) is 49.0 Å². The average molecular weight is 613 g/mol. The Hall–Kier alpha value is -4.62. The molecule has 2 saturated heterocycles. The van der Waals surface area contributed by atoms with Gasteiger partial charge in [0.25, 0.3) is 0 Å². The second-order valence-corrected chi connectivity index (χ2v) is 13.5. The number of Topliss-reactive ketones (excluding diaryl/α,β-unsaturated/α-hetero) is 1. The number of fused-ring (bicyclic) bond motifs is 4. The fraction of sp³-hybridized carbons (Fsp3) is 0.333. The Morgan fingerprint density at radius 3 is 2.30 bits per heavy atom. The predicted molar refractivity (Wildman–Crippen MR) is 174 cm³/mol. The first-order valence-corrected chi connectivity index (χ1v) is 16.4. The molecule has 1 N–H and O–H groups in total. The minimum atomic E-state index is -0.565. The standard InChI is InChI=1S/C39H36N2O5/c1-22-19-33(43)31-20-30-28(34(36(31)37(22)44)27-13-14-32(42)26-10-6-5-9-25(26)27)11-12-29-35(30)39(46)41(38(29)45)24-15-17-40(18-16-24)21-23-7-3-2-4-8-23/h2-11,13-14,19,24,29-30,34-35,42H,12,15-18,20-21H2,1H3/t29-,30+,34-,35-/m0/s1. The highest BCUT2D eigenvalue weighted by molar-refractivity contribution is 6.24. The molecule has 2 amide bonds. The average Bonchev–Trinajstić information content (AvgIpc) is 3.33. The van der Waals surface area contributed by atoms with E-state index in [9.17, 15) is 24.3 Å². The van der Waals surface area contributed by atoms with Gasteiger partial charge in [-0.05, 0) is 67.2 Å². The summed E-state index contributed by atoms with van der Waals surface area (Å²) in [6, 6.07) is 21.2. The first-order valence-electron chi connectivity index (χ1n) is 16.4. The van der Waals surface area contributed by atoms with Crippen molar-refractivity contribution in [2.75, 3.05) is 13.1 Å². The number of aromatic hydroxyl groups is 1. The van der Waals surface area contributed by atoms with Crippen LogP contribution < -0.4 is 0 Å². The van der Waals surface area contributed by atoms with Gasteiger partial charge in [-0.25, -0.2) is 0 Å². The Bertz CT molecular complexity index is 1910. The SMILES string of the molecule is CC1=CC(=O)C2=C(C1=O)[C@@H](c1ccc(O)c3ccccc13)C1=CC[C@@H]3C(=O)N(C4CCN(Cc5ccccc5)CC4)C(=O)[C@@H]3[C@@H]1C2. The number of allylic oxidation sites excluding steroid dienone is 6. The van der Waals surface area contributed by atoms with Crippen molar-refractivity contribution in [3.63, 3.8) is 0 Å². The number of rotatable bonds is 4. The summed E-state index contributed by atoms with van der Waals surface area (Å²) in [6.07, 6.45) is 5.66. The van der Waals surface area contributed by atoms with Gasteiger partial charge in [-0.2, -0.15) is 0 Å². The van der Waals surface area contributed by atoms with Gasteiger partial charge in [0.2, 0.25) is 11.8 Å². The third-order valence-corrected chi connectivity index (χ3v) is 11.0. The number of phenols is 1. The maximum Gasteiger partial charge on any atom is 0.233 e. The molecule has 0 unspecified atom stereocenters. The molecule has 2 heterocycles. The van der Waals surface area contributed by atoms with Crippen LogP contribution in [0.2, 0.25) is 0 Å². The molecule has 232 valence electrons. The van der Waals surface area contributed by atoms with Crippen molar-refractivity contribution >= 4 is 34.2 Å². The number of ketones is 2. The molecule has 0 aromatic heterocycles. The third-order valence-electron chi connectivity index (χ3n) is 11.0. The van der Waals surface area contributed by atoms with Crippen molar-refractivity contribution < 1.29 is 24.3 Å². The molecule has 7 nitrogen and oxygen atoms in total. The molecular formula is C39H36N2O5. The maximum atomic E-state index is 14.4. The number of amides is 2. The zero-order chi connectivity index (χ0) is 31.7. The molecule has 7 heteroatoms. The lowest BCUT2D eigenvalue weighted by atomic mass is 9.59. The Labute approximate surface area is 267 Å². The number of hydrogen-bond donors (Lipinski definition) is 1. The van der Waals surface area contributed by atoms with Crippen LogP contribution in [-0.2, 0) is 25.7 Å². The van der Waals surface area contributed by atoms with E-state index < -0.39 is 17.8 Å². The van der Waals surface area contributed by atoms with Crippen LogP contribution in [0.25, 0.3) is 10.8 Å². The summed E-state index contributed by atoms with van der Waals surface area (Å²) in [6.45, 7) is 4.15.